The van der Waals surface area contributed by atoms with Gasteiger partial charge in [0.15, 0.2) is 0 Å². The molecule has 3 aromatic heterocycles. The number of thiophene rings is 1. The van der Waals surface area contributed by atoms with E-state index in [0.29, 0.717) is 21.6 Å². The van der Waals surface area contributed by atoms with Gasteiger partial charge in [-0.15, -0.1) is 11.3 Å². The zero-order valence-corrected chi connectivity index (χ0v) is 20.4. The summed E-state index contributed by atoms with van der Waals surface area (Å²) in [6.45, 7) is 2.42. The van der Waals surface area contributed by atoms with Crippen LogP contribution in [0.25, 0.3) is 21.3 Å². The predicted molar refractivity (Wildman–Crippen MR) is 140 cm³/mol. The minimum absolute atomic E-state index is 0.0707. The lowest BCUT2D eigenvalue weighted by atomic mass is 10.1. The van der Waals surface area contributed by atoms with Crippen molar-refractivity contribution in [3.05, 3.63) is 112 Å². The quantitative estimate of drug-likeness (QED) is 0.293. The fourth-order valence-electron chi connectivity index (χ4n) is 4.02. The number of fused-ring (bicyclic) bond motifs is 1. The molecule has 5 aromatic rings. The second kappa shape index (κ2) is 10.2. The lowest BCUT2D eigenvalue weighted by Gasteiger charge is -2.23. The van der Waals surface area contributed by atoms with Crippen molar-refractivity contribution >= 4 is 33.1 Å². The Morgan fingerprint density at radius 1 is 1.03 bits per heavy atom. The summed E-state index contributed by atoms with van der Waals surface area (Å²) in [6.07, 6.45) is 3.23. The first kappa shape index (κ1) is 23.6. The van der Waals surface area contributed by atoms with Gasteiger partial charge in [-0.2, -0.15) is 0 Å². The van der Waals surface area contributed by atoms with Crippen LogP contribution >= 0.6 is 11.3 Å². The number of aromatic nitrogens is 3. The second-order valence-electron chi connectivity index (χ2n) is 8.47. The molecule has 3 heterocycles. The minimum atomic E-state index is -0.380. The maximum absolute atomic E-state index is 13.5. The van der Waals surface area contributed by atoms with E-state index in [4.69, 9.17) is 0 Å². The van der Waals surface area contributed by atoms with E-state index < -0.39 is 0 Å². The number of amides is 1. The monoisotopic (exact) mass is 498 g/mol. The summed E-state index contributed by atoms with van der Waals surface area (Å²) in [7, 11) is 0. The van der Waals surface area contributed by atoms with E-state index >= 15 is 0 Å². The lowest BCUT2D eigenvalue weighted by molar-refractivity contribution is -0.119. The number of nitrogens with zero attached hydrogens (tertiary/aromatic N) is 4. The molecule has 0 fully saturated rings. The number of hydrogen-bond donors (Lipinski definition) is 0. The van der Waals surface area contributed by atoms with Crippen molar-refractivity contribution in [1.82, 2.24) is 14.5 Å². The molecule has 2 aromatic carbocycles. The van der Waals surface area contributed by atoms with Crippen molar-refractivity contribution in [2.75, 3.05) is 4.90 Å². The van der Waals surface area contributed by atoms with Crippen LogP contribution in [-0.4, -0.2) is 20.4 Å². The third-order valence-electron chi connectivity index (χ3n) is 5.98. The highest BCUT2D eigenvalue weighted by atomic mass is 32.1. The zero-order valence-electron chi connectivity index (χ0n) is 19.6. The van der Waals surface area contributed by atoms with Crippen LogP contribution in [0.2, 0.25) is 0 Å². The molecule has 1 amide bonds. The van der Waals surface area contributed by atoms with Crippen molar-refractivity contribution in [3.8, 4) is 11.1 Å². The lowest BCUT2D eigenvalue weighted by Crippen LogP contribution is -2.32. The molecule has 6 nitrogen and oxygen atoms in total. The van der Waals surface area contributed by atoms with Crippen molar-refractivity contribution in [1.29, 1.82) is 0 Å². The molecular weight excluding hydrogens is 475 g/mol. The molecule has 0 bridgehead atoms. The summed E-state index contributed by atoms with van der Waals surface area (Å²) in [5.41, 5.74) is 4.03. The Bertz CT molecular complexity index is 1560. The molecular formula is C28H23FN4O2S. The second-order valence-corrected chi connectivity index (χ2v) is 9.32. The van der Waals surface area contributed by atoms with Crippen LogP contribution in [0.5, 0.6) is 0 Å². The molecule has 0 saturated carbocycles. The highest BCUT2D eigenvalue weighted by Gasteiger charge is 2.19. The van der Waals surface area contributed by atoms with E-state index in [1.54, 1.807) is 29.3 Å². The van der Waals surface area contributed by atoms with Crippen LogP contribution in [-0.2, 0) is 17.9 Å². The van der Waals surface area contributed by atoms with E-state index in [1.807, 2.05) is 48.7 Å². The zero-order chi connectivity index (χ0) is 25.1. The van der Waals surface area contributed by atoms with Gasteiger partial charge in [-0.05, 0) is 48.9 Å². The van der Waals surface area contributed by atoms with E-state index in [0.717, 1.165) is 16.7 Å². The van der Waals surface area contributed by atoms with Crippen molar-refractivity contribution in [2.24, 2.45) is 0 Å². The first-order valence-corrected chi connectivity index (χ1v) is 12.4. The predicted octanol–water partition coefficient (Wildman–Crippen LogP) is 5.59. The number of carbonyl (C=O) groups excluding carboxylic acids is 1. The maximum Gasteiger partial charge on any atom is 0.262 e. The average molecular weight is 499 g/mol. The Morgan fingerprint density at radius 2 is 1.81 bits per heavy atom. The van der Waals surface area contributed by atoms with E-state index in [2.05, 4.69) is 9.97 Å². The molecule has 0 aliphatic carbocycles. The largest absolute Gasteiger partial charge is 0.306 e. The Balaban J connectivity index is 1.41. The molecule has 0 radical (unpaired) electrons. The molecule has 0 spiro atoms. The van der Waals surface area contributed by atoms with Gasteiger partial charge in [0.1, 0.15) is 10.6 Å². The first-order valence-electron chi connectivity index (χ1n) is 11.5. The first-order chi connectivity index (χ1) is 17.5. The molecule has 180 valence electrons. The molecule has 0 aliphatic rings. The fraction of sp³-hybridized carbons (Fsp3) is 0.143. The fourth-order valence-corrected chi connectivity index (χ4v) is 4.93. The summed E-state index contributed by atoms with van der Waals surface area (Å²) in [5, 5.41) is 2.50. The normalized spacial score (nSPS) is 11.1. The van der Waals surface area contributed by atoms with Gasteiger partial charge in [0.05, 0.1) is 24.0 Å². The molecule has 5 rings (SSSR count). The van der Waals surface area contributed by atoms with Gasteiger partial charge in [0, 0.05) is 35.8 Å². The van der Waals surface area contributed by atoms with E-state index in [1.165, 1.54) is 34.4 Å². The molecule has 0 N–H and O–H groups in total. The van der Waals surface area contributed by atoms with Crippen LogP contribution in [0.3, 0.4) is 0 Å². The van der Waals surface area contributed by atoms with E-state index in [-0.39, 0.29) is 36.8 Å². The molecule has 8 heteroatoms. The number of hydrogen-bond acceptors (Lipinski definition) is 5. The van der Waals surface area contributed by atoms with E-state index in [9.17, 15) is 14.0 Å². The highest BCUT2D eigenvalue weighted by Crippen LogP contribution is 2.30. The number of carbonyl (C=O) groups is 1. The number of halogens is 1. The van der Waals surface area contributed by atoms with Gasteiger partial charge in [0.2, 0.25) is 5.91 Å². The number of pyridine rings is 1. The summed E-state index contributed by atoms with van der Waals surface area (Å²) in [4.78, 5) is 37.7. The molecule has 0 aliphatic heterocycles. The summed E-state index contributed by atoms with van der Waals surface area (Å²) in [5.74, 6) is -0.585. The standard InChI is InChI=1S/C28H23FN4O2S/c1-19-5-7-20(8-6-19)24-17-36-27-26(24)28(35)32(18-31-27)15-13-25(34)33(16-22-4-2-3-14-30-22)23-11-9-21(29)10-12-23/h2-12,14,17-18H,13,15-16H2,1H3. The SMILES string of the molecule is Cc1ccc(-c2csc3ncn(CCC(=O)N(Cc4ccccn4)c4ccc(F)cc4)c(=O)c23)cc1. The third-order valence-corrected chi connectivity index (χ3v) is 6.86. The molecule has 0 saturated heterocycles. The minimum Gasteiger partial charge on any atom is -0.306 e. The Kier molecular flexibility index (Phi) is 6.69. The van der Waals surface area contributed by atoms with Crippen LogP contribution in [0.1, 0.15) is 17.7 Å². The van der Waals surface area contributed by atoms with Gasteiger partial charge in [0.25, 0.3) is 5.56 Å². The van der Waals surface area contributed by atoms with Crippen molar-refractivity contribution < 1.29 is 9.18 Å². The Hall–Kier alpha value is -4.17. The average Bonchev–Trinajstić information content (AvgIpc) is 3.33. The van der Waals surface area contributed by atoms with Crippen LogP contribution in [0.15, 0.2) is 89.4 Å². The van der Waals surface area contributed by atoms with Crippen molar-refractivity contribution in [2.45, 2.75) is 26.4 Å². The smallest absolute Gasteiger partial charge is 0.262 e. The maximum atomic E-state index is 13.5. The molecule has 0 unspecified atom stereocenters. The van der Waals surface area contributed by atoms with Gasteiger partial charge >= 0.3 is 0 Å². The summed E-state index contributed by atoms with van der Waals surface area (Å²) < 4.78 is 15.0. The Labute approximate surface area is 211 Å². The summed E-state index contributed by atoms with van der Waals surface area (Å²) in [6, 6.07) is 19.3. The number of benzene rings is 2. The Morgan fingerprint density at radius 3 is 2.53 bits per heavy atom. The number of anilines is 1. The van der Waals surface area contributed by atoms with Gasteiger partial charge in [-0.3, -0.25) is 19.1 Å². The van der Waals surface area contributed by atoms with Crippen LogP contribution in [0.4, 0.5) is 10.1 Å². The van der Waals surface area contributed by atoms with Gasteiger partial charge < -0.3 is 4.90 Å². The van der Waals surface area contributed by atoms with Crippen molar-refractivity contribution in [3.63, 3.8) is 0 Å². The highest BCUT2D eigenvalue weighted by molar-refractivity contribution is 7.17. The third kappa shape index (κ3) is 4.94. The number of aryl methyl sites for hydroxylation is 2. The number of rotatable bonds is 7. The summed E-state index contributed by atoms with van der Waals surface area (Å²) >= 11 is 1.43. The molecule has 36 heavy (non-hydrogen) atoms. The topological polar surface area (TPSA) is 68.1 Å². The van der Waals surface area contributed by atoms with Crippen LogP contribution < -0.4 is 10.5 Å². The van der Waals surface area contributed by atoms with Gasteiger partial charge in [-0.1, -0.05) is 35.9 Å². The van der Waals surface area contributed by atoms with Crippen LogP contribution in [0, 0.1) is 12.7 Å². The van der Waals surface area contributed by atoms with Gasteiger partial charge in [-0.25, -0.2) is 9.37 Å². The molecule has 0 atom stereocenters.